The topological polar surface area (TPSA) is 75.3 Å². The largest absolute Gasteiger partial charge is 0.326 e. The molecule has 3 aromatic rings. The molecule has 0 aliphatic heterocycles. The van der Waals surface area contributed by atoms with E-state index in [2.05, 4.69) is 10.6 Å². The van der Waals surface area contributed by atoms with Crippen LogP contribution in [0.5, 0.6) is 0 Å². The molecule has 3 rings (SSSR count). The summed E-state index contributed by atoms with van der Waals surface area (Å²) < 4.78 is 0. The molecule has 2 N–H and O–H groups in total. The van der Waals surface area contributed by atoms with E-state index in [1.165, 1.54) is 18.3 Å². The van der Waals surface area contributed by atoms with Crippen LogP contribution in [-0.2, 0) is 4.79 Å². The predicted octanol–water partition coefficient (Wildman–Crippen LogP) is 4.19. The van der Waals surface area contributed by atoms with E-state index in [0.29, 0.717) is 27.4 Å². The van der Waals surface area contributed by atoms with Gasteiger partial charge in [-0.1, -0.05) is 24.3 Å². The van der Waals surface area contributed by atoms with Crippen molar-refractivity contribution in [2.45, 2.75) is 6.92 Å². The van der Waals surface area contributed by atoms with E-state index in [1.54, 1.807) is 60.7 Å². The molecule has 0 saturated heterocycles. The zero-order valence-electron chi connectivity index (χ0n) is 14.0. The molecule has 130 valence electrons. The van der Waals surface area contributed by atoms with Crippen LogP contribution in [0.15, 0.2) is 66.0 Å². The zero-order chi connectivity index (χ0) is 18.5. The Kier molecular flexibility index (Phi) is 5.24. The second-order valence-electron chi connectivity index (χ2n) is 5.56. The Hall–Kier alpha value is -3.25. The van der Waals surface area contributed by atoms with Gasteiger partial charge in [0.15, 0.2) is 0 Å². The number of rotatable bonds is 5. The van der Waals surface area contributed by atoms with Crippen molar-refractivity contribution in [1.29, 1.82) is 0 Å². The molecule has 2 amide bonds. The summed E-state index contributed by atoms with van der Waals surface area (Å²) >= 11 is 1.34. The normalized spacial score (nSPS) is 10.2. The Labute approximate surface area is 154 Å². The fourth-order valence-corrected chi connectivity index (χ4v) is 3.14. The highest BCUT2D eigenvalue weighted by molar-refractivity contribution is 7.12. The first kappa shape index (κ1) is 17.6. The van der Waals surface area contributed by atoms with E-state index in [1.807, 2.05) is 5.38 Å². The number of thiophene rings is 1. The van der Waals surface area contributed by atoms with Gasteiger partial charge in [0.1, 0.15) is 0 Å². The molecule has 1 aromatic heterocycles. The van der Waals surface area contributed by atoms with Crippen LogP contribution in [0.3, 0.4) is 0 Å². The molecule has 0 spiro atoms. The van der Waals surface area contributed by atoms with Crippen LogP contribution in [-0.4, -0.2) is 17.6 Å². The SMILES string of the molecule is CC(=O)Nc1ccc(NC(=O)c2ccccc2C(=O)c2cccs2)cc1. The van der Waals surface area contributed by atoms with Gasteiger partial charge in [-0.25, -0.2) is 0 Å². The maximum absolute atomic E-state index is 12.6. The van der Waals surface area contributed by atoms with Gasteiger partial charge >= 0.3 is 0 Å². The van der Waals surface area contributed by atoms with Crippen molar-refractivity contribution in [1.82, 2.24) is 0 Å². The van der Waals surface area contributed by atoms with E-state index in [-0.39, 0.29) is 17.6 Å². The standard InChI is InChI=1S/C20H16N2O3S/c1-13(23)21-14-8-10-15(11-9-14)22-20(25)17-6-3-2-5-16(17)19(24)18-7-4-12-26-18/h2-12H,1H3,(H,21,23)(H,22,25). The highest BCUT2D eigenvalue weighted by atomic mass is 32.1. The van der Waals surface area contributed by atoms with Gasteiger partial charge in [-0.3, -0.25) is 14.4 Å². The summed E-state index contributed by atoms with van der Waals surface area (Å²) in [7, 11) is 0. The third-order valence-electron chi connectivity index (χ3n) is 3.62. The Morgan fingerprint density at radius 3 is 1.96 bits per heavy atom. The number of hydrogen-bond acceptors (Lipinski definition) is 4. The highest BCUT2D eigenvalue weighted by Gasteiger charge is 2.18. The lowest BCUT2D eigenvalue weighted by Gasteiger charge is -2.10. The highest BCUT2D eigenvalue weighted by Crippen LogP contribution is 2.20. The monoisotopic (exact) mass is 364 g/mol. The minimum Gasteiger partial charge on any atom is -0.326 e. The minimum absolute atomic E-state index is 0.164. The van der Waals surface area contributed by atoms with Crippen LogP contribution < -0.4 is 10.6 Å². The fourth-order valence-electron chi connectivity index (χ4n) is 2.46. The Morgan fingerprint density at radius 2 is 1.38 bits per heavy atom. The molecule has 0 saturated carbocycles. The van der Waals surface area contributed by atoms with Gasteiger partial charge in [-0.15, -0.1) is 11.3 Å². The van der Waals surface area contributed by atoms with Gasteiger partial charge in [0.05, 0.1) is 10.4 Å². The summed E-state index contributed by atoms with van der Waals surface area (Å²) in [6.45, 7) is 1.43. The molecule has 26 heavy (non-hydrogen) atoms. The van der Waals surface area contributed by atoms with Crippen molar-refractivity contribution in [3.05, 3.63) is 82.0 Å². The smallest absolute Gasteiger partial charge is 0.256 e. The molecule has 0 fully saturated rings. The molecule has 0 aliphatic carbocycles. The first-order valence-electron chi connectivity index (χ1n) is 7.91. The minimum atomic E-state index is -0.363. The summed E-state index contributed by atoms with van der Waals surface area (Å²) in [6.07, 6.45) is 0. The summed E-state index contributed by atoms with van der Waals surface area (Å²) in [5.41, 5.74) is 1.89. The molecular weight excluding hydrogens is 348 g/mol. The lowest BCUT2D eigenvalue weighted by molar-refractivity contribution is -0.114. The average Bonchev–Trinajstić information content (AvgIpc) is 3.17. The second-order valence-corrected chi connectivity index (χ2v) is 6.51. The van der Waals surface area contributed by atoms with Gasteiger partial charge in [-0.2, -0.15) is 0 Å². The third-order valence-corrected chi connectivity index (χ3v) is 4.49. The van der Waals surface area contributed by atoms with E-state index < -0.39 is 0 Å². The molecule has 0 radical (unpaired) electrons. The van der Waals surface area contributed by atoms with Crippen LogP contribution in [0.25, 0.3) is 0 Å². The van der Waals surface area contributed by atoms with Gasteiger partial charge in [0, 0.05) is 23.9 Å². The van der Waals surface area contributed by atoms with E-state index in [9.17, 15) is 14.4 Å². The van der Waals surface area contributed by atoms with Crippen molar-refractivity contribution in [2.24, 2.45) is 0 Å². The average molecular weight is 364 g/mol. The maximum Gasteiger partial charge on any atom is 0.256 e. The van der Waals surface area contributed by atoms with Crippen LogP contribution in [0.4, 0.5) is 11.4 Å². The quantitative estimate of drug-likeness (QED) is 0.667. The Bertz CT molecular complexity index is 947. The lowest BCUT2D eigenvalue weighted by atomic mass is 10.0. The summed E-state index contributed by atoms with van der Waals surface area (Å²) in [6, 6.07) is 17.0. The van der Waals surface area contributed by atoms with Gasteiger partial charge < -0.3 is 10.6 Å². The van der Waals surface area contributed by atoms with Crippen LogP contribution in [0, 0.1) is 0 Å². The first-order valence-corrected chi connectivity index (χ1v) is 8.79. The number of carbonyl (C=O) groups is 3. The lowest BCUT2D eigenvalue weighted by Crippen LogP contribution is -2.16. The molecule has 0 bridgehead atoms. The second kappa shape index (κ2) is 7.76. The van der Waals surface area contributed by atoms with Crippen molar-refractivity contribution >= 4 is 40.3 Å². The van der Waals surface area contributed by atoms with Gasteiger partial charge in [0.2, 0.25) is 11.7 Å². The number of nitrogens with one attached hydrogen (secondary N) is 2. The molecular formula is C20H16N2O3S. The molecule has 0 unspecified atom stereocenters. The molecule has 2 aromatic carbocycles. The van der Waals surface area contributed by atoms with Crippen LogP contribution in [0.1, 0.15) is 32.5 Å². The van der Waals surface area contributed by atoms with Crippen LogP contribution in [0.2, 0.25) is 0 Å². The number of anilines is 2. The van der Waals surface area contributed by atoms with Crippen LogP contribution >= 0.6 is 11.3 Å². The van der Waals surface area contributed by atoms with E-state index >= 15 is 0 Å². The fraction of sp³-hybridized carbons (Fsp3) is 0.0500. The summed E-state index contributed by atoms with van der Waals surface area (Å²) in [5.74, 6) is -0.702. The third kappa shape index (κ3) is 4.04. The number of amides is 2. The molecule has 0 atom stereocenters. The molecule has 6 heteroatoms. The van der Waals surface area contributed by atoms with Crippen molar-refractivity contribution in [2.75, 3.05) is 10.6 Å². The first-order chi connectivity index (χ1) is 12.5. The molecule has 0 aliphatic rings. The number of ketones is 1. The summed E-state index contributed by atoms with van der Waals surface area (Å²) in [4.78, 5) is 36.9. The Balaban J connectivity index is 1.80. The molecule has 1 heterocycles. The molecule has 5 nitrogen and oxygen atoms in total. The number of hydrogen-bond donors (Lipinski definition) is 2. The zero-order valence-corrected chi connectivity index (χ0v) is 14.8. The van der Waals surface area contributed by atoms with E-state index in [4.69, 9.17) is 0 Å². The van der Waals surface area contributed by atoms with E-state index in [0.717, 1.165) is 0 Å². The Morgan fingerprint density at radius 1 is 0.769 bits per heavy atom. The predicted molar refractivity (Wildman–Crippen MR) is 103 cm³/mol. The maximum atomic E-state index is 12.6. The van der Waals surface area contributed by atoms with Gasteiger partial charge in [-0.05, 0) is 41.8 Å². The van der Waals surface area contributed by atoms with Crippen molar-refractivity contribution in [3.8, 4) is 0 Å². The summed E-state index contributed by atoms with van der Waals surface area (Å²) in [5, 5.41) is 7.27. The van der Waals surface area contributed by atoms with Gasteiger partial charge in [0.25, 0.3) is 5.91 Å². The number of benzene rings is 2. The van der Waals surface area contributed by atoms with Crippen molar-refractivity contribution < 1.29 is 14.4 Å². The number of carbonyl (C=O) groups excluding carboxylic acids is 3. The van der Waals surface area contributed by atoms with Crippen molar-refractivity contribution in [3.63, 3.8) is 0 Å².